The van der Waals surface area contributed by atoms with E-state index < -0.39 is 15.8 Å². The van der Waals surface area contributed by atoms with E-state index in [1.807, 2.05) is 0 Å². The number of nitrogens with one attached hydrogen (secondary N) is 1. The van der Waals surface area contributed by atoms with Crippen LogP contribution in [0.15, 0.2) is 41.3 Å². The highest BCUT2D eigenvalue weighted by molar-refractivity contribution is 7.92. The van der Waals surface area contributed by atoms with Gasteiger partial charge in [-0.15, -0.1) is 0 Å². The van der Waals surface area contributed by atoms with E-state index >= 15 is 0 Å². The van der Waals surface area contributed by atoms with Crippen LogP contribution in [0.25, 0.3) is 0 Å². The summed E-state index contributed by atoms with van der Waals surface area (Å²) >= 11 is 5.83. The van der Waals surface area contributed by atoms with Crippen molar-refractivity contribution in [3.8, 4) is 5.75 Å². The lowest BCUT2D eigenvalue weighted by Gasteiger charge is -2.11. The Kier molecular flexibility index (Phi) is 3.87. The minimum atomic E-state index is -3.96. The van der Waals surface area contributed by atoms with E-state index in [0.717, 1.165) is 6.07 Å². The minimum Gasteiger partial charge on any atom is -0.508 e. The van der Waals surface area contributed by atoms with Crippen LogP contribution in [0.1, 0.15) is 5.56 Å². The molecule has 0 amide bonds. The highest BCUT2D eigenvalue weighted by Crippen LogP contribution is 2.28. The van der Waals surface area contributed by atoms with Crippen LogP contribution >= 0.6 is 11.6 Å². The van der Waals surface area contributed by atoms with Crippen LogP contribution in [0, 0.1) is 12.7 Å². The van der Waals surface area contributed by atoms with Crippen LogP contribution in [0.3, 0.4) is 0 Å². The van der Waals surface area contributed by atoms with Crippen molar-refractivity contribution in [3.05, 3.63) is 52.8 Å². The summed E-state index contributed by atoms with van der Waals surface area (Å²) < 4.78 is 39.9. The molecule has 0 unspecified atom stereocenters. The van der Waals surface area contributed by atoms with Gasteiger partial charge in [0.05, 0.1) is 15.6 Å². The first-order valence-corrected chi connectivity index (χ1v) is 7.43. The van der Waals surface area contributed by atoms with Crippen molar-refractivity contribution in [1.29, 1.82) is 0 Å². The molecule has 0 bridgehead atoms. The number of benzene rings is 2. The average Bonchev–Trinajstić information content (AvgIpc) is 2.35. The second-order valence-electron chi connectivity index (χ2n) is 4.18. The van der Waals surface area contributed by atoms with Gasteiger partial charge in [0.25, 0.3) is 10.0 Å². The number of halogens is 2. The summed E-state index contributed by atoms with van der Waals surface area (Å²) in [6.07, 6.45) is 0. The quantitative estimate of drug-likeness (QED) is 0.854. The number of aryl methyl sites for hydroxylation is 1. The molecule has 0 atom stereocenters. The Morgan fingerprint density at radius 3 is 2.55 bits per heavy atom. The molecule has 2 rings (SSSR count). The summed E-state index contributed by atoms with van der Waals surface area (Å²) in [5, 5.41) is 9.27. The van der Waals surface area contributed by atoms with Crippen molar-refractivity contribution in [3.63, 3.8) is 0 Å². The third kappa shape index (κ3) is 3.02. The Labute approximate surface area is 120 Å². The number of rotatable bonds is 3. The fraction of sp³-hybridized carbons (Fsp3) is 0.0769. The lowest BCUT2D eigenvalue weighted by atomic mass is 10.2. The maximum atomic E-state index is 13.2. The van der Waals surface area contributed by atoms with Gasteiger partial charge in [0.15, 0.2) is 0 Å². The van der Waals surface area contributed by atoms with Gasteiger partial charge in [-0.25, -0.2) is 12.8 Å². The van der Waals surface area contributed by atoms with E-state index in [0.29, 0.717) is 5.56 Å². The zero-order valence-electron chi connectivity index (χ0n) is 10.4. The van der Waals surface area contributed by atoms with Gasteiger partial charge in [-0.3, -0.25) is 4.72 Å². The van der Waals surface area contributed by atoms with Crippen LogP contribution in [0.4, 0.5) is 10.1 Å². The Hall–Kier alpha value is -1.79. The number of hydrogen-bond donors (Lipinski definition) is 2. The monoisotopic (exact) mass is 315 g/mol. The molecule has 20 heavy (non-hydrogen) atoms. The zero-order valence-corrected chi connectivity index (χ0v) is 12.0. The summed E-state index contributed by atoms with van der Waals surface area (Å²) in [6, 6.07) is 7.32. The summed E-state index contributed by atoms with van der Waals surface area (Å²) in [7, 11) is -3.96. The fourth-order valence-corrected chi connectivity index (χ4v) is 3.27. The smallest absolute Gasteiger partial charge is 0.262 e. The Bertz CT molecular complexity index is 762. The van der Waals surface area contributed by atoms with Gasteiger partial charge in [0.1, 0.15) is 11.6 Å². The molecule has 0 aromatic heterocycles. The van der Waals surface area contributed by atoms with Crippen molar-refractivity contribution in [2.24, 2.45) is 0 Å². The summed E-state index contributed by atoms with van der Waals surface area (Å²) in [5.41, 5.74) is 0.516. The van der Waals surface area contributed by atoms with Gasteiger partial charge in [0, 0.05) is 6.07 Å². The molecule has 0 aliphatic carbocycles. The topological polar surface area (TPSA) is 66.4 Å². The lowest BCUT2D eigenvalue weighted by Crippen LogP contribution is -2.14. The van der Waals surface area contributed by atoms with Crippen molar-refractivity contribution in [2.45, 2.75) is 11.8 Å². The zero-order chi connectivity index (χ0) is 14.9. The first-order valence-electron chi connectivity index (χ1n) is 5.57. The molecule has 0 aliphatic heterocycles. The standard InChI is InChI=1S/C13H11ClFNO3S/c1-8-2-3-9(15)6-13(8)20(18,19)16-12-5-4-10(17)7-11(12)14/h2-7,16-17H,1H3. The van der Waals surface area contributed by atoms with Gasteiger partial charge in [-0.05, 0) is 36.8 Å². The average molecular weight is 316 g/mol. The third-order valence-corrected chi connectivity index (χ3v) is 4.46. The molecule has 0 aliphatic rings. The predicted molar refractivity (Wildman–Crippen MR) is 75.1 cm³/mol. The van der Waals surface area contributed by atoms with Crippen molar-refractivity contribution in [2.75, 3.05) is 4.72 Å². The molecule has 106 valence electrons. The van der Waals surface area contributed by atoms with Crippen molar-refractivity contribution < 1.29 is 17.9 Å². The molecule has 4 nitrogen and oxygen atoms in total. The number of phenols is 1. The molecule has 2 aromatic rings. The predicted octanol–water partition coefficient (Wildman–Crippen LogP) is 3.29. The van der Waals surface area contributed by atoms with E-state index in [-0.39, 0.29) is 21.4 Å². The number of aromatic hydroxyl groups is 1. The fourth-order valence-electron chi connectivity index (χ4n) is 1.65. The first kappa shape index (κ1) is 14.6. The first-order chi connectivity index (χ1) is 9.29. The van der Waals surface area contributed by atoms with Crippen LogP contribution in [0.2, 0.25) is 5.02 Å². The molecule has 0 radical (unpaired) electrons. The highest BCUT2D eigenvalue weighted by Gasteiger charge is 2.19. The van der Waals surface area contributed by atoms with E-state index in [4.69, 9.17) is 11.6 Å². The van der Waals surface area contributed by atoms with Gasteiger partial charge in [0.2, 0.25) is 0 Å². The normalized spacial score (nSPS) is 11.3. The second-order valence-corrected chi connectivity index (χ2v) is 6.24. The molecule has 2 aromatic carbocycles. The van der Waals surface area contributed by atoms with Crippen LogP contribution in [-0.4, -0.2) is 13.5 Å². The Morgan fingerprint density at radius 1 is 1.20 bits per heavy atom. The SMILES string of the molecule is Cc1ccc(F)cc1S(=O)(=O)Nc1ccc(O)cc1Cl. The minimum absolute atomic E-state index is 0.0441. The number of sulfonamides is 1. The van der Waals surface area contributed by atoms with Crippen LogP contribution in [-0.2, 0) is 10.0 Å². The summed E-state index contributed by atoms with van der Waals surface area (Å²) in [4.78, 5) is -0.165. The summed E-state index contributed by atoms with van der Waals surface area (Å²) in [5.74, 6) is -0.729. The summed E-state index contributed by atoms with van der Waals surface area (Å²) in [6.45, 7) is 1.56. The van der Waals surface area contributed by atoms with Crippen LogP contribution < -0.4 is 4.72 Å². The number of anilines is 1. The van der Waals surface area contributed by atoms with Gasteiger partial charge in [-0.1, -0.05) is 17.7 Å². The molecular formula is C13H11ClFNO3S. The van der Waals surface area contributed by atoms with Crippen LogP contribution in [0.5, 0.6) is 5.75 Å². The lowest BCUT2D eigenvalue weighted by molar-refractivity contribution is 0.475. The Morgan fingerprint density at radius 2 is 1.90 bits per heavy atom. The third-order valence-electron chi connectivity index (χ3n) is 2.64. The molecule has 2 N–H and O–H groups in total. The van der Waals surface area contributed by atoms with Crippen molar-refractivity contribution >= 4 is 27.3 Å². The molecule has 0 heterocycles. The molecule has 0 spiro atoms. The maximum absolute atomic E-state index is 13.2. The molecule has 0 saturated heterocycles. The second kappa shape index (κ2) is 5.30. The highest BCUT2D eigenvalue weighted by atomic mass is 35.5. The number of phenolic OH excluding ortho intramolecular Hbond substituents is 1. The number of hydrogen-bond acceptors (Lipinski definition) is 3. The van der Waals surface area contributed by atoms with E-state index in [1.54, 1.807) is 6.92 Å². The van der Waals surface area contributed by atoms with Gasteiger partial charge in [-0.2, -0.15) is 0 Å². The van der Waals surface area contributed by atoms with Crippen molar-refractivity contribution in [1.82, 2.24) is 0 Å². The molecule has 0 saturated carbocycles. The molecule has 7 heteroatoms. The van der Waals surface area contributed by atoms with Gasteiger partial charge >= 0.3 is 0 Å². The van der Waals surface area contributed by atoms with E-state index in [9.17, 15) is 17.9 Å². The van der Waals surface area contributed by atoms with Gasteiger partial charge < -0.3 is 5.11 Å². The van der Waals surface area contributed by atoms with E-state index in [2.05, 4.69) is 4.72 Å². The molecule has 0 fully saturated rings. The largest absolute Gasteiger partial charge is 0.508 e. The maximum Gasteiger partial charge on any atom is 0.262 e. The van der Waals surface area contributed by atoms with E-state index in [1.165, 1.54) is 30.3 Å². The Balaban J connectivity index is 2.43. The molecular weight excluding hydrogens is 305 g/mol.